The second-order valence-electron chi connectivity index (χ2n) is 9.67. The predicted octanol–water partition coefficient (Wildman–Crippen LogP) is 1.11. The summed E-state index contributed by atoms with van der Waals surface area (Å²) in [6, 6.07) is 10.1. The second kappa shape index (κ2) is 11.3. The van der Waals surface area contributed by atoms with Gasteiger partial charge in [-0.25, -0.2) is 4.98 Å². The minimum absolute atomic E-state index is 0.00336. The summed E-state index contributed by atoms with van der Waals surface area (Å²) in [5.41, 5.74) is -0.591. The van der Waals surface area contributed by atoms with Gasteiger partial charge in [-0.2, -0.15) is 13.2 Å². The zero-order valence-electron chi connectivity index (χ0n) is 20.0. The molecule has 2 fully saturated rings. The fourth-order valence-corrected chi connectivity index (χ4v) is 5.29. The normalized spacial score (nSPS) is 21.4. The summed E-state index contributed by atoms with van der Waals surface area (Å²) < 4.78 is 38.6. The van der Waals surface area contributed by atoms with Gasteiger partial charge >= 0.3 is 6.18 Å². The summed E-state index contributed by atoms with van der Waals surface area (Å²) in [4.78, 5) is 34.1. The van der Waals surface area contributed by atoms with E-state index in [-0.39, 0.29) is 29.7 Å². The first-order valence-electron chi connectivity index (χ1n) is 12.4. The van der Waals surface area contributed by atoms with E-state index >= 15 is 0 Å². The number of rotatable bonds is 7. The molecule has 0 saturated carbocycles. The van der Waals surface area contributed by atoms with Crippen LogP contribution >= 0.6 is 0 Å². The predicted molar refractivity (Wildman–Crippen MR) is 125 cm³/mol. The molecule has 1 aromatic heterocycles. The van der Waals surface area contributed by atoms with Gasteiger partial charge in [0.25, 0.3) is 5.91 Å². The number of amides is 1. The number of carbonyl (C=O) groups excluding carboxylic acids is 2. The molecule has 1 N–H and O–H groups in total. The number of aliphatic carboxylic acids is 1. The van der Waals surface area contributed by atoms with Crippen LogP contribution in [0.2, 0.25) is 0 Å². The van der Waals surface area contributed by atoms with Crippen LogP contribution in [0.1, 0.15) is 35.2 Å². The summed E-state index contributed by atoms with van der Waals surface area (Å²) >= 11 is 0. The van der Waals surface area contributed by atoms with Crippen LogP contribution in [0, 0.1) is 11.8 Å². The van der Waals surface area contributed by atoms with E-state index in [9.17, 15) is 27.9 Å². The fraction of sp³-hybridized carbons (Fsp3) is 0.500. The van der Waals surface area contributed by atoms with Gasteiger partial charge in [-0.3, -0.25) is 4.79 Å². The molecular weight excluding hydrogens is 473 g/mol. The first-order valence-corrected chi connectivity index (χ1v) is 12.4. The van der Waals surface area contributed by atoms with E-state index in [1.54, 1.807) is 11.1 Å². The van der Waals surface area contributed by atoms with Gasteiger partial charge in [-0.1, -0.05) is 6.07 Å². The minimum atomic E-state index is -4.46. The summed E-state index contributed by atoms with van der Waals surface area (Å²) in [7, 11) is 0. The lowest BCUT2D eigenvalue weighted by Gasteiger charge is -2.40. The molecule has 2 atom stereocenters. The van der Waals surface area contributed by atoms with E-state index in [0.29, 0.717) is 19.5 Å². The molecule has 36 heavy (non-hydrogen) atoms. The maximum Gasteiger partial charge on any atom is 0.416 e. The van der Waals surface area contributed by atoms with Gasteiger partial charge in [0.15, 0.2) is 0 Å². The van der Waals surface area contributed by atoms with Crippen LogP contribution in [0.5, 0.6) is 0 Å². The first kappa shape index (κ1) is 25.9. The average Bonchev–Trinajstić information content (AvgIpc) is 2.88. The molecule has 2 aliphatic rings. The second-order valence-corrected chi connectivity index (χ2v) is 9.67. The molecule has 0 spiro atoms. The lowest BCUT2D eigenvalue weighted by Crippen LogP contribution is -3.15. The van der Waals surface area contributed by atoms with Crippen molar-refractivity contribution < 1.29 is 32.8 Å². The molecule has 0 bridgehead atoms. The molecule has 2 saturated heterocycles. The average molecular weight is 505 g/mol. The molecule has 7 nitrogen and oxygen atoms in total. The number of piperidine rings is 1. The summed E-state index contributed by atoms with van der Waals surface area (Å²) in [6.07, 6.45) is -1.41. The number of nitrogens with zero attached hydrogens (tertiary/aromatic N) is 3. The van der Waals surface area contributed by atoms with Crippen LogP contribution < -0.4 is 14.9 Å². The Hall–Kier alpha value is -3.14. The Morgan fingerprint density at radius 2 is 1.75 bits per heavy atom. The molecular formula is C26H31F3N4O3. The number of likely N-dealkylation sites (tertiary alicyclic amines) is 1. The molecule has 1 aromatic carbocycles. The maximum absolute atomic E-state index is 13.0. The number of halogens is 3. The Morgan fingerprint density at radius 3 is 2.36 bits per heavy atom. The SMILES string of the molecule is O=C([O-])C[C@@H]1CCN(C(=O)c2ccc(C(F)(F)F)cc2)C[C@@H]1CC[NH+]1CCN(c2ccccn2)CC1. The molecule has 10 heteroatoms. The van der Waals surface area contributed by atoms with Crippen molar-refractivity contribution in [2.24, 2.45) is 11.8 Å². The van der Waals surface area contributed by atoms with E-state index in [4.69, 9.17) is 0 Å². The Bertz CT molecular complexity index is 1020. The van der Waals surface area contributed by atoms with E-state index in [1.807, 2.05) is 18.2 Å². The van der Waals surface area contributed by atoms with Crippen molar-refractivity contribution in [2.45, 2.75) is 25.4 Å². The van der Waals surface area contributed by atoms with Gasteiger partial charge in [-0.05, 0) is 61.1 Å². The van der Waals surface area contributed by atoms with E-state index < -0.39 is 17.7 Å². The number of benzene rings is 1. The molecule has 0 aliphatic carbocycles. The molecule has 4 rings (SSSR count). The van der Waals surface area contributed by atoms with Crippen molar-refractivity contribution in [3.63, 3.8) is 0 Å². The van der Waals surface area contributed by atoms with Crippen LogP contribution in [0.4, 0.5) is 19.0 Å². The van der Waals surface area contributed by atoms with Gasteiger partial charge in [0, 0.05) is 37.2 Å². The first-order chi connectivity index (χ1) is 17.2. The molecule has 1 amide bonds. The van der Waals surface area contributed by atoms with Crippen molar-refractivity contribution >= 4 is 17.7 Å². The number of carboxylic acid groups (broad SMARTS) is 1. The van der Waals surface area contributed by atoms with Gasteiger partial charge in [-0.15, -0.1) is 0 Å². The lowest BCUT2D eigenvalue weighted by molar-refractivity contribution is -0.901. The van der Waals surface area contributed by atoms with Crippen LogP contribution in [-0.2, 0) is 11.0 Å². The number of aromatic nitrogens is 1. The number of hydrogen-bond acceptors (Lipinski definition) is 5. The number of piperazine rings is 1. The van der Waals surface area contributed by atoms with Gasteiger partial charge in [0.05, 0.1) is 38.3 Å². The molecule has 2 aliphatic heterocycles. The highest BCUT2D eigenvalue weighted by atomic mass is 19.4. The monoisotopic (exact) mass is 504 g/mol. The number of carboxylic acids is 1. The van der Waals surface area contributed by atoms with E-state index in [1.165, 1.54) is 17.0 Å². The molecule has 0 radical (unpaired) electrons. The highest BCUT2D eigenvalue weighted by molar-refractivity contribution is 5.94. The number of quaternary nitrogens is 1. The largest absolute Gasteiger partial charge is 0.550 e. The van der Waals surface area contributed by atoms with Crippen LogP contribution in [0.15, 0.2) is 48.7 Å². The van der Waals surface area contributed by atoms with Crippen molar-refractivity contribution in [2.75, 3.05) is 50.7 Å². The van der Waals surface area contributed by atoms with Crippen molar-refractivity contribution in [1.82, 2.24) is 9.88 Å². The Labute approximate surface area is 208 Å². The summed E-state index contributed by atoms with van der Waals surface area (Å²) in [6.45, 7) is 5.31. The number of hydrogen-bond donors (Lipinski definition) is 1. The van der Waals surface area contributed by atoms with E-state index in [0.717, 1.165) is 57.1 Å². The Balaban J connectivity index is 1.35. The number of nitrogens with one attached hydrogen (secondary N) is 1. The van der Waals surface area contributed by atoms with Crippen molar-refractivity contribution in [3.05, 3.63) is 59.8 Å². The standard InChI is InChI=1S/C26H31F3N4O3/c27-26(28,29)22-6-4-19(5-7-22)25(36)33-12-9-20(17-24(34)35)21(18-33)8-11-31-13-15-32(16-14-31)23-3-1-2-10-30-23/h1-7,10,20-21H,8-9,11-18H2,(H,34,35)/t20-,21-/m0/s1. The molecule has 194 valence electrons. The smallest absolute Gasteiger partial charge is 0.416 e. The third-order valence-electron chi connectivity index (χ3n) is 7.38. The van der Waals surface area contributed by atoms with Gasteiger partial charge in [0.1, 0.15) is 5.82 Å². The number of alkyl halides is 3. The van der Waals surface area contributed by atoms with Crippen LogP contribution in [0.25, 0.3) is 0 Å². The molecule has 2 aromatic rings. The zero-order chi connectivity index (χ0) is 25.7. The maximum atomic E-state index is 13.0. The summed E-state index contributed by atoms with van der Waals surface area (Å²) in [5, 5.41) is 11.3. The highest BCUT2D eigenvalue weighted by Gasteiger charge is 2.34. The van der Waals surface area contributed by atoms with Crippen LogP contribution in [0.3, 0.4) is 0 Å². The Kier molecular flexibility index (Phi) is 8.13. The molecule has 3 heterocycles. The van der Waals surface area contributed by atoms with Gasteiger partial charge < -0.3 is 24.6 Å². The summed E-state index contributed by atoms with van der Waals surface area (Å²) in [5.74, 6) is -0.534. The Morgan fingerprint density at radius 1 is 1.03 bits per heavy atom. The lowest BCUT2D eigenvalue weighted by atomic mass is 9.81. The highest BCUT2D eigenvalue weighted by Crippen LogP contribution is 2.31. The number of anilines is 1. The minimum Gasteiger partial charge on any atom is -0.550 e. The molecule has 0 unspecified atom stereocenters. The van der Waals surface area contributed by atoms with Gasteiger partial charge in [0.2, 0.25) is 0 Å². The third kappa shape index (κ3) is 6.54. The fourth-order valence-electron chi connectivity index (χ4n) is 5.29. The number of pyridine rings is 1. The number of carbonyl (C=O) groups is 2. The topological polar surface area (TPSA) is 81.0 Å². The van der Waals surface area contributed by atoms with Crippen molar-refractivity contribution in [1.29, 1.82) is 0 Å². The van der Waals surface area contributed by atoms with E-state index in [2.05, 4.69) is 9.88 Å². The quantitative estimate of drug-likeness (QED) is 0.611. The van der Waals surface area contributed by atoms with Crippen molar-refractivity contribution in [3.8, 4) is 0 Å². The third-order valence-corrected chi connectivity index (χ3v) is 7.38. The zero-order valence-corrected chi connectivity index (χ0v) is 20.0. The van der Waals surface area contributed by atoms with Crippen LogP contribution in [-0.4, -0.2) is 67.6 Å².